The molecule has 4 nitrogen and oxygen atoms in total. The molecule has 0 radical (unpaired) electrons. The fraction of sp³-hybridized carbons (Fsp3) is 0.0769. The summed E-state index contributed by atoms with van der Waals surface area (Å²) in [5.74, 6) is -1.18. The van der Waals surface area contributed by atoms with E-state index < -0.39 is 17.7 Å². The van der Waals surface area contributed by atoms with Crippen LogP contribution in [0.4, 0.5) is 13.2 Å². The molecule has 8 heteroatoms. The van der Waals surface area contributed by atoms with Crippen molar-refractivity contribution in [1.82, 2.24) is 9.78 Å². The van der Waals surface area contributed by atoms with Crippen molar-refractivity contribution in [2.45, 2.75) is 6.18 Å². The second kappa shape index (κ2) is 5.61. The van der Waals surface area contributed by atoms with Crippen LogP contribution in [0.2, 0.25) is 5.02 Å². The maximum Gasteiger partial charge on any atom is 0.419 e. The van der Waals surface area contributed by atoms with E-state index in [1.165, 1.54) is 24.3 Å². The lowest BCUT2D eigenvalue weighted by molar-refractivity contribution is -0.137. The summed E-state index contributed by atoms with van der Waals surface area (Å²) in [6.07, 6.45) is -0.885. The minimum Gasteiger partial charge on any atom is -0.478 e. The molecule has 0 aliphatic rings. The van der Waals surface area contributed by atoms with Gasteiger partial charge in [0, 0.05) is 22.9 Å². The highest BCUT2D eigenvalue weighted by atomic mass is 35.5. The van der Waals surface area contributed by atoms with E-state index in [1.54, 1.807) is 0 Å². The zero-order chi connectivity index (χ0) is 15.6. The molecule has 0 spiro atoms. The van der Waals surface area contributed by atoms with Crippen molar-refractivity contribution in [2.24, 2.45) is 0 Å². The minimum absolute atomic E-state index is 0.285. The minimum atomic E-state index is -4.50. The van der Waals surface area contributed by atoms with Gasteiger partial charge < -0.3 is 5.11 Å². The Morgan fingerprint density at radius 1 is 1.38 bits per heavy atom. The van der Waals surface area contributed by atoms with Crippen molar-refractivity contribution in [2.75, 3.05) is 0 Å². The highest BCUT2D eigenvalue weighted by molar-refractivity contribution is 6.30. The first kappa shape index (κ1) is 15.1. The maximum atomic E-state index is 12.6. The Labute approximate surface area is 122 Å². The molecule has 1 heterocycles. The van der Waals surface area contributed by atoms with Crippen molar-refractivity contribution in [3.63, 3.8) is 0 Å². The molecular weight excluding hydrogens is 309 g/mol. The third kappa shape index (κ3) is 3.63. The first-order valence-electron chi connectivity index (χ1n) is 5.60. The lowest BCUT2D eigenvalue weighted by Crippen LogP contribution is -2.03. The van der Waals surface area contributed by atoms with Crippen LogP contribution in [0.1, 0.15) is 11.1 Å². The van der Waals surface area contributed by atoms with Crippen molar-refractivity contribution in [1.29, 1.82) is 0 Å². The van der Waals surface area contributed by atoms with Gasteiger partial charge in [-0.3, -0.25) is 0 Å². The van der Waals surface area contributed by atoms with Gasteiger partial charge in [0.2, 0.25) is 0 Å². The number of hydrogen-bond donors (Lipinski definition) is 1. The molecule has 0 bridgehead atoms. The quantitative estimate of drug-likeness (QED) is 0.880. The molecule has 0 aliphatic carbocycles. The third-order valence-electron chi connectivity index (χ3n) is 2.55. The van der Waals surface area contributed by atoms with Gasteiger partial charge in [0.05, 0.1) is 17.4 Å². The van der Waals surface area contributed by atoms with Crippen LogP contribution in [0.25, 0.3) is 11.8 Å². The summed E-state index contributed by atoms with van der Waals surface area (Å²) in [7, 11) is 0. The maximum absolute atomic E-state index is 12.6. The summed E-state index contributed by atoms with van der Waals surface area (Å²) >= 11 is 5.81. The molecular formula is C13H8ClF3N2O2. The van der Waals surface area contributed by atoms with E-state index in [4.69, 9.17) is 16.7 Å². The average Bonchev–Trinajstić information content (AvgIpc) is 2.85. The number of benzene rings is 1. The van der Waals surface area contributed by atoms with E-state index in [9.17, 15) is 18.0 Å². The second-order valence-corrected chi connectivity index (χ2v) is 4.48. The van der Waals surface area contributed by atoms with Gasteiger partial charge in [-0.25, -0.2) is 9.48 Å². The molecule has 1 aromatic heterocycles. The number of nitrogens with zero attached hydrogens (tertiary/aromatic N) is 2. The fourth-order valence-electron chi connectivity index (χ4n) is 1.63. The molecule has 0 amide bonds. The molecule has 21 heavy (non-hydrogen) atoms. The number of halogens is 4. The van der Waals surface area contributed by atoms with E-state index in [2.05, 4.69) is 5.10 Å². The molecule has 0 aliphatic heterocycles. The van der Waals surface area contributed by atoms with Gasteiger partial charge in [-0.2, -0.15) is 18.3 Å². The van der Waals surface area contributed by atoms with Crippen LogP contribution < -0.4 is 0 Å². The normalized spacial score (nSPS) is 12.0. The van der Waals surface area contributed by atoms with Gasteiger partial charge in [-0.1, -0.05) is 11.6 Å². The topological polar surface area (TPSA) is 55.1 Å². The molecule has 1 aromatic carbocycles. The Balaban J connectivity index is 2.48. The predicted octanol–water partition coefficient (Wildman–Crippen LogP) is 3.64. The molecule has 0 unspecified atom stereocenters. The Morgan fingerprint density at radius 3 is 2.67 bits per heavy atom. The van der Waals surface area contributed by atoms with Crippen LogP contribution in [0, 0.1) is 0 Å². The van der Waals surface area contributed by atoms with Crippen molar-refractivity contribution in [3.05, 3.63) is 52.8 Å². The molecule has 1 N–H and O–H groups in total. The van der Waals surface area contributed by atoms with E-state index in [-0.39, 0.29) is 5.69 Å². The smallest absolute Gasteiger partial charge is 0.419 e. The van der Waals surface area contributed by atoms with Crippen molar-refractivity contribution in [3.8, 4) is 5.69 Å². The van der Waals surface area contributed by atoms with E-state index in [1.807, 2.05) is 0 Å². The predicted molar refractivity (Wildman–Crippen MR) is 70.2 cm³/mol. The summed E-state index contributed by atoms with van der Waals surface area (Å²) in [6, 6.07) is 4.37. The summed E-state index contributed by atoms with van der Waals surface area (Å²) in [6.45, 7) is 0. The lowest BCUT2D eigenvalue weighted by Gasteiger charge is -2.07. The highest BCUT2D eigenvalue weighted by Gasteiger charge is 2.32. The second-order valence-electron chi connectivity index (χ2n) is 4.05. The van der Waals surface area contributed by atoms with Gasteiger partial charge in [-0.05, 0) is 24.3 Å². The van der Waals surface area contributed by atoms with E-state index >= 15 is 0 Å². The van der Waals surface area contributed by atoms with Crippen LogP contribution in [-0.2, 0) is 11.0 Å². The number of rotatable bonds is 3. The van der Waals surface area contributed by atoms with Gasteiger partial charge in [0.15, 0.2) is 0 Å². The number of carboxylic acid groups (broad SMARTS) is 1. The Hall–Kier alpha value is -2.28. The molecule has 0 fully saturated rings. The van der Waals surface area contributed by atoms with Crippen LogP contribution in [0.3, 0.4) is 0 Å². The number of carboxylic acids is 1. The fourth-order valence-corrected chi connectivity index (χ4v) is 1.81. The molecule has 110 valence electrons. The number of aliphatic carboxylic acids is 1. The van der Waals surface area contributed by atoms with Crippen molar-refractivity contribution < 1.29 is 23.1 Å². The molecule has 0 saturated heterocycles. The SMILES string of the molecule is O=C(O)/C=C/c1cc(Cl)ccc1-n1cc(C(F)(F)F)cn1. The van der Waals surface area contributed by atoms with Gasteiger partial charge in [0.1, 0.15) is 0 Å². The number of alkyl halides is 3. The number of aromatic nitrogens is 2. The Morgan fingerprint density at radius 2 is 2.10 bits per heavy atom. The summed E-state index contributed by atoms with van der Waals surface area (Å²) in [5, 5.41) is 12.6. The van der Waals surface area contributed by atoms with E-state index in [0.717, 1.165) is 17.0 Å². The molecule has 2 aromatic rings. The molecule has 2 rings (SSSR count). The zero-order valence-corrected chi connectivity index (χ0v) is 11.1. The zero-order valence-electron chi connectivity index (χ0n) is 10.3. The largest absolute Gasteiger partial charge is 0.478 e. The highest BCUT2D eigenvalue weighted by Crippen LogP contribution is 2.30. The third-order valence-corrected chi connectivity index (χ3v) is 2.79. The first-order chi connectivity index (χ1) is 9.77. The monoisotopic (exact) mass is 316 g/mol. The first-order valence-corrected chi connectivity index (χ1v) is 5.98. The Kier molecular flexibility index (Phi) is 4.04. The average molecular weight is 317 g/mol. The van der Waals surface area contributed by atoms with Crippen LogP contribution in [0.15, 0.2) is 36.7 Å². The van der Waals surface area contributed by atoms with Gasteiger partial charge in [-0.15, -0.1) is 0 Å². The molecule has 0 atom stereocenters. The van der Waals surface area contributed by atoms with E-state index in [0.29, 0.717) is 16.8 Å². The van der Waals surface area contributed by atoms with Crippen LogP contribution in [0.5, 0.6) is 0 Å². The summed E-state index contributed by atoms with van der Waals surface area (Å²) in [4.78, 5) is 10.5. The van der Waals surface area contributed by atoms with Crippen molar-refractivity contribution >= 4 is 23.6 Å². The van der Waals surface area contributed by atoms with Gasteiger partial charge in [0.25, 0.3) is 0 Å². The molecule has 0 saturated carbocycles. The van der Waals surface area contributed by atoms with Gasteiger partial charge >= 0.3 is 12.1 Å². The van der Waals surface area contributed by atoms with Crippen LogP contribution >= 0.6 is 11.6 Å². The summed E-state index contributed by atoms with van der Waals surface area (Å²) < 4.78 is 38.7. The summed E-state index contributed by atoms with van der Waals surface area (Å²) in [5.41, 5.74) is -0.278. The lowest BCUT2D eigenvalue weighted by atomic mass is 10.1. The standard InChI is InChI=1S/C13H8ClF3N2O2/c14-10-2-3-11(8(5-10)1-4-12(20)21)19-7-9(6-18-19)13(15,16)17/h1-7H,(H,20,21)/b4-1+. The van der Waals surface area contributed by atoms with Crippen LogP contribution in [-0.4, -0.2) is 20.9 Å². The number of hydrogen-bond acceptors (Lipinski definition) is 2. The Bertz CT molecular complexity index is 708. The number of carbonyl (C=O) groups is 1.